The van der Waals surface area contributed by atoms with Gasteiger partial charge in [0.1, 0.15) is 6.10 Å². The number of oxime groups is 1. The molecule has 1 aromatic carbocycles. The number of fused-ring (bicyclic) bond motifs is 1. The number of benzene rings is 1. The molecule has 2 heteroatoms. The summed E-state index contributed by atoms with van der Waals surface area (Å²) >= 11 is 0. The highest BCUT2D eigenvalue weighted by atomic mass is 16.6. The molecule has 0 saturated heterocycles. The monoisotopic (exact) mass is 187 g/mol. The van der Waals surface area contributed by atoms with Crippen molar-refractivity contribution >= 4 is 5.71 Å². The Morgan fingerprint density at radius 2 is 2.00 bits per heavy atom. The largest absolute Gasteiger partial charge is 0.392 e. The molecule has 1 fully saturated rings. The second-order valence-corrected chi connectivity index (χ2v) is 4.02. The first-order chi connectivity index (χ1) is 6.95. The molecule has 1 aliphatic heterocycles. The Labute approximate surface area is 83.6 Å². The molecule has 2 nitrogen and oxygen atoms in total. The fourth-order valence-electron chi connectivity index (χ4n) is 2.43. The van der Waals surface area contributed by atoms with E-state index in [0.717, 1.165) is 5.71 Å². The van der Waals surface area contributed by atoms with Gasteiger partial charge in [-0.15, -0.1) is 0 Å². The third-order valence-corrected chi connectivity index (χ3v) is 3.16. The van der Waals surface area contributed by atoms with Crippen molar-refractivity contribution in [1.82, 2.24) is 0 Å². The lowest BCUT2D eigenvalue weighted by Gasteiger charge is -2.08. The van der Waals surface area contributed by atoms with Crippen LogP contribution in [0, 0.1) is 5.92 Å². The van der Waals surface area contributed by atoms with E-state index in [1.807, 2.05) is 6.07 Å². The average Bonchev–Trinajstić information content (AvgIpc) is 2.79. The van der Waals surface area contributed by atoms with Crippen molar-refractivity contribution in [1.29, 1.82) is 0 Å². The molecule has 1 aliphatic carbocycles. The lowest BCUT2D eigenvalue weighted by atomic mass is 9.95. The highest BCUT2D eigenvalue weighted by Gasteiger charge is 2.38. The Hall–Kier alpha value is -1.31. The Morgan fingerprint density at radius 1 is 1.14 bits per heavy atom. The highest BCUT2D eigenvalue weighted by Crippen LogP contribution is 2.35. The standard InChI is InChI=1S/C12H13NO/c1-2-5-9(6-3-1)12-10-7-4-8-11(10)14-13-12/h1-3,5-6,10-11H,4,7-8H2/t10-,11+/m1/s1. The van der Waals surface area contributed by atoms with E-state index < -0.39 is 0 Å². The molecule has 3 rings (SSSR count). The fourth-order valence-corrected chi connectivity index (χ4v) is 2.43. The summed E-state index contributed by atoms with van der Waals surface area (Å²) < 4.78 is 0. The summed E-state index contributed by atoms with van der Waals surface area (Å²) in [5.74, 6) is 0.553. The number of hydrogen-bond donors (Lipinski definition) is 0. The summed E-state index contributed by atoms with van der Waals surface area (Å²) in [4.78, 5) is 5.43. The molecule has 0 bridgehead atoms. The Balaban J connectivity index is 1.93. The van der Waals surface area contributed by atoms with Crippen LogP contribution < -0.4 is 0 Å². The lowest BCUT2D eigenvalue weighted by Crippen LogP contribution is -2.17. The number of hydrogen-bond acceptors (Lipinski definition) is 2. The van der Waals surface area contributed by atoms with Crippen LogP contribution in [0.4, 0.5) is 0 Å². The predicted octanol–water partition coefficient (Wildman–Crippen LogP) is 2.59. The third kappa shape index (κ3) is 1.14. The van der Waals surface area contributed by atoms with Gasteiger partial charge in [-0.1, -0.05) is 35.5 Å². The van der Waals surface area contributed by atoms with Gasteiger partial charge >= 0.3 is 0 Å². The van der Waals surface area contributed by atoms with Crippen LogP contribution in [-0.4, -0.2) is 11.8 Å². The van der Waals surface area contributed by atoms with Gasteiger partial charge in [0.25, 0.3) is 0 Å². The molecule has 0 N–H and O–H groups in total. The highest BCUT2D eigenvalue weighted by molar-refractivity contribution is 6.03. The van der Waals surface area contributed by atoms with E-state index in [0.29, 0.717) is 12.0 Å². The smallest absolute Gasteiger partial charge is 0.136 e. The van der Waals surface area contributed by atoms with E-state index in [9.17, 15) is 0 Å². The van der Waals surface area contributed by atoms with Gasteiger partial charge in [-0.05, 0) is 24.8 Å². The van der Waals surface area contributed by atoms with Crippen LogP contribution in [0.25, 0.3) is 0 Å². The van der Waals surface area contributed by atoms with Crippen LogP contribution >= 0.6 is 0 Å². The topological polar surface area (TPSA) is 21.6 Å². The van der Waals surface area contributed by atoms with Gasteiger partial charge in [-0.3, -0.25) is 0 Å². The zero-order chi connectivity index (χ0) is 9.38. The zero-order valence-corrected chi connectivity index (χ0v) is 8.02. The molecular weight excluding hydrogens is 174 g/mol. The predicted molar refractivity (Wildman–Crippen MR) is 55.2 cm³/mol. The summed E-state index contributed by atoms with van der Waals surface area (Å²) in [6.07, 6.45) is 4.05. The summed E-state index contributed by atoms with van der Waals surface area (Å²) in [5, 5.41) is 4.21. The van der Waals surface area contributed by atoms with E-state index in [-0.39, 0.29) is 0 Å². The average molecular weight is 187 g/mol. The summed E-state index contributed by atoms with van der Waals surface area (Å²) in [7, 11) is 0. The molecule has 2 atom stereocenters. The van der Waals surface area contributed by atoms with Gasteiger partial charge in [0.15, 0.2) is 0 Å². The minimum absolute atomic E-state index is 0.366. The molecule has 2 aliphatic rings. The SMILES string of the molecule is c1ccc(C2=NO[C@H]3CCC[C@@H]23)cc1. The molecule has 72 valence electrons. The Bertz CT molecular complexity index is 358. The molecule has 0 amide bonds. The molecule has 1 saturated carbocycles. The van der Waals surface area contributed by atoms with Gasteiger partial charge in [-0.25, -0.2) is 0 Å². The van der Waals surface area contributed by atoms with Crippen LogP contribution in [0.2, 0.25) is 0 Å². The quantitative estimate of drug-likeness (QED) is 0.662. The van der Waals surface area contributed by atoms with Crippen molar-refractivity contribution < 1.29 is 4.84 Å². The van der Waals surface area contributed by atoms with Crippen molar-refractivity contribution in [3.8, 4) is 0 Å². The van der Waals surface area contributed by atoms with Crippen LogP contribution in [-0.2, 0) is 4.84 Å². The van der Waals surface area contributed by atoms with Gasteiger partial charge in [0.2, 0.25) is 0 Å². The Kier molecular flexibility index (Phi) is 1.79. The van der Waals surface area contributed by atoms with E-state index >= 15 is 0 Å². The minimum Gasteiger partial charge on any atom is -0.392 e. The van der Waals surface area contributed by atoms with Gasteiger partial charge in [0.05, 0.1) is 5.71 Å². The summed E-state index contributed by atoms with van der Waals surface area (Å²) in [6.45, 7) is 0. The van der Waals surface area contributed by atoms with E-state index in [2.05, 4.69) is 29.4 Å². The van der Waals surface area contributed by atoms with E-state index in [1.165, 1.54) is 24.8 Å². The molecule has 14 heavy (non-hydrogen) atoms. The number of rotatable bonds is 1. The van der Waals surface area contributed by atoms with E-state index in [1.54, 1.807) is 0 Å². The maximum atomic E-state index is 5.43. The van der Waals surface area contributed by atoms with Crippen molar-refractivity contribution in [2.24, 2.45) is 11.1 Å². The fraction of sp³-hybridized carbons (Fsp3) is 0.417. The van der Waals surface area contributed by atoms with Gasteiger partial charge < -0.3 is 4.84 Å². The van der Waals surface area contributed by atoms with Gasteiger partial charge in [-0.2, -0.15) is 0 Å². The summed E-state index contributed by atoms with van der Waals surface area (Å²) in [5.41, 5.74) is 2.38. The minimum atomic E-state index is 0.366. The number of nitrogens with zero attached hydrogens (tertiary/aromatic N) is 1. The molecule has 0 aromatic heterocycles. The van der Waals surface area contributed by atoms with Crippen LogP contribution in [0.5, 0.6) is 0 Å². The van der Waals surface area contributed by atoms with Crippen molar-refractivity contribution in [3.05, 3.63) is 35.9 Å². The van der Waals surface area contributed by atoms with Crippen LogP contribution in [0.1, 0.15) is 24.8 Å². The molecule has 0 radical (unpaired) electrons. The second-order valence-electron chi connectivity index (χ2n) is 4.02. The van der Waals surface area contributed by atoms with E-state index in [4.69, 9.17) is 4.84 Å². The van der Waals surface area contributed by atoms with Crippen LogP contribution in [0.15, 0.2) is 35.5 Å². The maximum Gasteiger partial charge on any atom is 0.136 e. The first-order valence-corrected chi connectivity index (χ1v) is 5.24. The first-order valence-electron chi connectivity index (χ1n) is 5.24. The maximum absolute atomic E-state index is 5.43. The lowest BCUT2D eigenvalue weighted by molar-refractivity contribution is 0.0746. The van der Waals surface area contributed by atoms with Crippen molar-refractivity contribution in [2.45, 2.75) is 25.4 Å². The Morgan fingerprint density at radius 3 is 2.86 bits per heavy atom. The van der Waals surface area contributed by atoms with Gasteiger partial charge in [0, 0.05) is 5.92 Å². The van der Waals surface area contributed by atoms with Crippen molar-refractivity contribution in [3.63, 3.8) is 0 Å². The second kappa shape index (κ2) is 3.12. The van der Waals surface area contributed by atoms with Crippen LogP contribution in [0.3, 0.4) is 0 Å². The third-order valence-electron chi connectivity index (χ3n) is 3.16. The van der Waals surface area contributed by atoms with Crippen molar-refractivity contribution in [2.75, 3.05) is 0 Å². The molecule has 0 unspecified atom stereocenters. The first kappa shape index (κ1) is 8.04. The molecule has 1 aromatic rings. The summed E-state index contributed by atoms with van der Waals surface area (Å²) in [6, 6.07) is 10.4. The molecular formula is C12H13NO. The molecule has 1 heterocycles. The normalized spacial score (nSPS) is 29.6. The molecule has 0 spiro atoms. The zero-order valence-electron chi connectivity index (χ0n) is 8.02.